The molecule has 1 aromatic carbocycles. The molecule has 3 N–H and O–H groups in total. The molecule has 1 aromatic heterocycles. The number of benzene rings is 1. The SMILES string of the molecule is Nc1c(Cl)cc(C[C@@H](OC(=O)N2CCC(N3CCc4cscc4NC3=O)CC2)C(=O)N2CCC(N3CCCC3)CC2)cc1C(F)(F)F. The third-order valence-corrected chi connectivity index (χ3v) is 11.0. The van der Waals surface area contributed by atoms with Crippen LogP contribution in [-0.2, 0) is 28.5 Å². The van der Waals surface area contributed by atoms with Gasteiger partial charge in [-0.15, -0.1) is 11.3 Å². The molecule has 6 rings (SSSR count). The Morgan fingerprint density at radius 3 is 2.32 bits per heavy atom. The highest BCUT2D eigenvalue weighted by Crippen LogP contribution is 2.38. The summed E-state index contributed by atoms with van der Waals surface area (Å²) in [5.74, 6) is -0.442. The minimum atomic E-state index is -4.75. The quantitative estimate of drug-likeness (QED) is 0.376. The number of halogens is 4. The van der Waals surface area contributed by atoms with Crippen LogP contribution in [0.3, 0.4) is 0 Å². The molecule has 0 aliphatic carbocycles. The number of fused-ring (bicyclic) bond motifs is 1. The van der Waals surface area contributed by atoms with Crippen molar-refractivity contribution >= 4 is 52.3 Å². The van der Waals surface area contributed by atoms with E-state index in [2.05, 4.69) is 10.2 Å². The maximum absolute atomic E-state index is 13.9. The zero-order valence-corrected chi connectivity index (χ0v) is 27.6. The van der Waals surface area contributed by atoms with Crippen molar-refractivity contribution in [2.45, 2.75) is 75.7 Å². The summed E-state index contributed by atoms with van der Waals surface area (Å²) in [6, 6.07) is 2.30. The van der Waals surface area contributed by atoms with E-state index in [1.54, 1.807) is 16.2 Å². The number of nitrogens with zero attached hydrogens (tertiary/aromatic N) is 4. The number of anilines is 2. The second-order valence-electron chi connectivity index (χ2n) is 12.8. The van der Waals surface area contributed by atoms with Crippen LogP contribution in [0.5, 0.6) is 0 Å². The molecule has 3 saturated heterocycles. The lowest BCUT2D eigenvalue weighted by molar-refractivity contribution is -0.142. The normalized spacial score (nSPS) is 20.9. The minimum absolute atomic E-state index is 0.0706. The number of nitrogens with one attached hydrogen (secondary N) is 1. The largest absolute Gasteiger partial charge is 0.436 e. The number of carbonyl (C=O) groups excluding carboxylic acids is 3. The summed E-state index contributed by atoms with van der Waals surface area (Å²) in [5.41, 5.74) is 5.98. The maximum Gasteiger partial charge on any atom is 0.418 e. The number of hydrogen-bond acceptors (Lipinski definition) is 7. The van der Waals surface area contributed by atoms with Crippen molar-refractivity contribution in [2.75, 3.05) is 56.9 Å². The van der Waals surface area contributed by atoms with Gasteiger partial charge in [0.05, 0.1) is 22.0 Å². The van der Waals surface area contributed by atoms with Gasteiger partial charge in [-0.25, -0.2) is 9.59 Å². The lowest BCUT2D eigenvalue weighted by Crippen LogP contribution is -2.52. The predicted molar refractivity (Wildman–Crippen MR) is 174 cm³/mol. The van der Waals surface area contributed by atoms with E-state index < -0.39 is 35.5 Å². The topological polar surface area (TPSA) is 111 Å². The first-order valence-electron chi connectivity index (χ1n) is 16.2. The number of thiophene rings is 1. The van der Waals surface area contributed by atoms with Crippen LogP contribution in [0.2, 0.25) is 5.02 Å². The van der Waals surface area contributed by atoms with Gasteiger partial charge < -0.3 is 35.4 Å². The van der Waals surface area contributed by atoms with Crippen molar-refractivity contribution in [2.24, 2.45) is 0 Å². The Morgan fingerprint density at radius 1 is 0.979 bits per heavy atom. The second-order valence-corrected chi connectivity index (χ2v) is 14.0. The van der Waals surface area contributed by atoms with Crippen LogP contribution in [0, 0.1) is 0 Å². The molecule has 0 radical (unpaired) electrons. The van der Waals surface area contributed by atoms with Crippen LogP contribution in [-0.4, -0.2) is 102 Å². The maximum atomic E-state index is 13.9. The summed E-state index contributed by atoms with van der Waals surface area (Å²) in [6.07, 6.45) is -1.41. The fraction of sp³-hybridized carbons (Fsp3) is 0.594. The van der Waals surface area contributed by atoms with Crippen LogP contribution >= 0.6 is 22.9 Å². The minimum Gasteiger partial charge on any atom is -0.436 e. The highest BCUT2D eigenvalue weighted by Gasteiger charge is 2.38. The molecule has 0 unspecified atom stereocenters. The Hall–Kier alpha value is -3.23. The molecule has 0 spiro atoms. The fourth-order valence-corrected chi connectivity index (χ4v) is 8.31. The molecule has 3 fully saturated rings. The van der Waals surface area contributed by atoms with Crippen LogP contribution in [0.4, 0.5) is 34.1 Å². The molecule has 256 valence electrons. The number of ether oxygens (including phenoxy) is 1. The summed E-state index contributed by atoms with van der Waals surface area (Å²) in [4.78, 5) is 47.7. The third kappa shape index (κ3) is 7.59. The van der Waals surface area contributed by atoms with Gasteiger partial charge in [-0.3, -0.25) is 4.79 Å². The van der Waals surface area contributed by atoms with Gasteiger partial charge >= 0.3 is 18.3 Å². The zero-order valence-electron chi connectivity index (χ0n) is 26.1. The summed E-state index contributed by atoms with van der Waals surface area (Å²) < 4.78 is 47.0. The molecule has 10 nitrogen and oxygen atoms in total. The van der Waals surface area contributed by atoms with Crippen LogP contribution in [0.15, 0.2) is 22.9 Å². The van der Waals surface area contributed by atoms with Gasteiger partial charge in [0, 0.05) is 56.6 Å². The van der Waals surface area contributed by atoms with Crippen LogP contribution < -0.4 is 11.1 Å². The number of amides is 4. The second kappa shape index (κ2) is 14.1. The number of carbonyl (C=O) groups is 3. The molecule has 47 heavy (non-hydrogen) atoms. The number of alkyl halides is 3. The smallest absolute Gasteiger partial charge is 0.418 e. The van der Waals surface area contributed by atoms with E-state index in [1.807, 2.05) is 15.7 Å². The van der Waals surface area contributed by atoms with E-state index in [4.69, 9.17) is 22.1 Å². The van der Waals surface area contributed by atoms with Crippen molar-refractivity contribution in [3.05, 3.63) is 44.6 Å². The van der Waals surface area contributed by atoms with Crippen LogP contribution in [0.1, 0.15) is 55.2 Å². The Kier molecular flexibility index (Phi) is 10.1. The van der Waals surface area contributed by atoms with E-state index >= 15 is 0 Å². The average Bonchev–Trinajstić information content (AvgIpc) is 3.72. The first-order valence-corrected chi connectivity index (χ1v) is 17.6. The van der Waals surface area contributed by atoms with E-state index in [1.165, 1.54) is 23.8 Å². The van der Waals surface area contributed by atoms with Crippen molar-refractivity contribution in [1.29, 1.82) is 0 Å². The van der Waals surface area contributed by atoms with E-state index in [-0.39, 0.29) is 29.1 Å². The van der Waals surface area contributed by atoms with Gasteiger partial charge in [-0.1, -0.05) is 11.6 Å². The third-order valence-electron chi connectivity index (χ3n) is 9.90. The molecule has 4 aliphatic rings. The van der Waals surface area contributed by atoms with Crippen molar-refractivity contribution < 1.29 is 32.3 Å². The molecular weight excluding hydrogens is 657 g/mol. The standard InChI is InChI=1S/C32H40ClF3N6O4S/c33-25-16-20(15-24(28(25)37)32(34,35)36)17-27(29(43)40-10-4-22(5-11-40)39-8-1-2-9-39)46-31(45)41-12-6-23(7-13-41)42-14-3-21-18-47-19-26(21)38-30(42)44/h15-16,18-19,22-23,27H,1-14,17,37H2,(H,38,44)/t27-/m1/s1. The molecule has 0 saturated carbocycles. The van der Waals surface area contributed by atoms with Gasteiger partial charge in [0.15, 0.2) is 6.10 Å². The number of nitrogens with two attached hydrogens (primary N) is 1. The van der Waals surface area contributed by atoms with Gasteiger partial charge in [-0.05, 0) is 86.7 Å². The van der Waals surface area contributed by atoms with Gasteiger partial charge in [0.1, 0.15) is 0 Å². The summed E-state index contributed by atoms with van der Waals surface area (Å²) in [6.45, 7) is 4.23. The van der Waals surface area contributed by atoms with Crippen LogP contribution in [0.25, 0.3) is 0 Å². The molecule has 0 bridgehead atoms. The van der Waals surface area contributed by atoms with Crippen molar-refractivity contribution in [3.8, 4) is 0 Å². The Bertz CT molecular complexity index is 1470. The number of nitrogen functional groups attached to an aromatic ring is 1. The summed E-state index contributed by atoms with van der Waals surface area (Å²) in [5, 5.41) is 6.65. The van der Waals surface area contributed by atoms with Gasteiger partial charge in [0.2, 0.25) is 0 Å². The van der Waals surface area contributed by atoms with Crippen molar-refractivity contribution in [1.82, 2.24) is 19.6 Å². The number of rotatable bonds is 6. The average molecular weight is 697 g/mol. The molecular formula is C32H40ClF3N6O4S. The fourth-order valence-electron chi connectivity index (χ4n) is 7.24. The molecule has 15 heteroatoms. The lowest BCUT2D eigenvalue weighted by Gasteiger charge is -2.39. The van der Waals surface area contributed by atoms with E-state index in [0.717, 1.165) is 49.7 Å². The Labute approximate surface area is 280 Å². The lowest BCUT2D eigenvalue weighted by atomic mass is 10.00. The highest BCUT2D eigenvalue weighted by molar-refractivity contribution is 7.08. The number of piperidine rings is 2. The summed E-state index contributed by atoms with van der Waals surface area (Å²) in [7, 11) is 0. The number of hydrogen-bond donors (Lipinski definition) is 2. The van der Waals surface area contributed by atoms with Gasteiger partial charge in [0.25, 0.3) is 5.91 Å². The number of likely N-dealkylation sites (tertiary alicyclic amines) is 3. The molecule has 4 amide bonds. The molecule has 5 heterocycles. The highest BCUT2D eigenvalue weighted by atomic mass is 35.5. The monoisotopic (exact) mass is 696 g/mol. The first-order chi connectivity index (χ1) is 22.5. The molecule has 2 aromatic rings. The van der Waals surface area contributed by atoms with Gasteiger partial charge in [-0.2, -0.15) is 13.2 Å². The summed E-state index contributed by atoms with van der Waals surface area (Å²) >= 11 is 7.64. The Balaban J connectivity index is 1.12. The van der Waals surface area contributed by atoms with Crippen molar-refractivity contribution in [3.63, 3.8) is 0 Å². The molecule has 1 atom stereocenters. The van der Waals surface area contributed by atoms with E-state index in [9.17, 15) is 27.6 Å². The molecule has 4 aliphatic heterocycles. The zero-order chi connectivity index (χ0) is 33.3. The van der Waals surface area contributed by atoms with E-state index in [0.29, 0.717) is 51.6 Å². The first kappa shape index (κ1) is 33.7. The number of urea groups is 1. The Morgan fingerprint density at radius 2 is 1.64 bits per heavy atom. The predicted octanol–water partition coefficient (Wildman–Crippen LogP) is 5.69.